The molecule has 1 aromatic rings. The minimum absolute atomic E-state index is 0. The van der Waals surface area contributed by atoms with Gasteiger partial charge in [0, 0.05) is 19.6 Å². The number of benzene rings is 1. The maximum Gasteiger partial charge on any atom is 0.194 e. The molecule has 1 aliphatic heterocycles. The Morgan fingerprint density at radius 1 is 1.32 bits per heavy atom. The molecule has 8 heteroatoms. The van der Waals surface area contributed by atoms with Gasteiger partial charge in [0.2, 0.25) is 0 Å². The number of ether oxygens (including phenoxy) is 1. The maximum absolute atomic E-state index is 12.1. The molecule has 0 unspecified atom stereocenters. The quantitative estimate of drug-likeness (QED) is 0.302. The van der Waals surface area contributed by atoms with Crippen LogP contribution in [0, 0.1) is 0 Å². The molecule has 1 fully saturated rings. The van der Waals surface area contributed by atoms with Gasteiger partial charge in [-0.05, 0) is 32.9 Å². The predicted octanol–water partition coefficient (Wildman–Crippen LogP) is 2.16. The lowest BCUT2D eigenvalue weighted by Gasteiger charge is -2.39. The van der Waals surface area contributed by atoms with E-state index in [0.717, 1.165) is 18.3 Å². The summed E-state index contributed by atoms with van der Waals surface area (Å²) >= 11 is 0. The van der Waals surface area contributed by atoms with Crippen LogP contribution in [-0.4, -0.2) is 62.6 Å². The van der Waals surface area contributed by atoms with Crippen molar-refractivity contribution in [1.29, 1.82) is 0 Å². The summed E-state index contributed by atoms with van der Waals surface area (Å²) in [5, 5.41) is 3.24. The molecule has 1 N–H and O–H groups in total. The van der Waals surface area contributed by atoms with Crippen LogP contribution in [0.4, 0.5) is 0 Å². The summed E-state index contributed by atoms with van der Waals surface area (Å²) < 4.78 is 29.2. The molecule has 0 bridgehead atoms. The van der Waals surface area contributed by atoms with Gasteiger partial charge < -0.3 is 15.0 Å². The molecule has 6 nitrogen and oxygen atoms in total. The van der Waals surface area contributed by atoms with E-state index in [9.17, 15) is 8.42 Å². The Labute approximate surface area is 168 Å². The Balaban J connectivity index is 0.00000312. The van der Waals surface area contributed by atoms with Crippen LogP contribution in [0.5, 0.6) is 5.75 Å². The van der Waals surface area contributed by atoms with Crippen LogP contribution in [0.1, 0.15) is 20.8 Å². The van der Waals surface area contributed by atoms with Crippen molar-refractivity contribution in [2.45, 2.75) is 25.5 Å². The minimum Gasteiger partial charge on any atom is -0.492 e. The van der Waals surface area contributed by atoms with Crippen molar-refractivity contribution in [2.75, 3.05) is 38.5 Å². The highest BCUT2D eigenvalue weighted by molar-refractivity contribution is 14.0. The first-order valence-electron chi connectivity index (χ1n) is 8.29. The maximum atomic E-state index is 12.1. The smallest absolute Gasteiger partial charge is 0.194 e. The zero-order valence-electron chi connectivity index (χ0n) is 15.1. The molecule has 0 aliphatic carbocycles. The molecule has 1 saturated heterocycles. The highest BCUT2D eigenvalue weighted by Crippen LogP contribution is 2.23. The molecule has 25 heavy (non-hydrogen) atoms. The second-order valence-corrected chi connectivity index (χ2v) is 9.14. The number of hydrogen-bond donors (Lipinski definition) is 1. The van der Waals surface area contributed by atoms with Gasteiger partial charge in [-0.1, -0.05) is 18.2 Å². The number of aliphatic imine (C=N–C) groups is 1. The van der Waals surface area contributed by atoms with Crippen LogP contribution in [0.15, 0.2) is 35.3 Å². The standard InChI is InChI=1S/C17H27N3O3S.HI/c1-4-18-16(19-10-12-23-15-8-6-5-7-9-15)20-11-13-24(21,22)17(2,3)14-20;/h5-9H,4,10-14H2,1-3H3,(H,18,19);1H. The Bertz CT molecular complexity index is 663. The molecule has 0 saturated carbocycles. The number of sulfone groups is 1. The summed E-state index contributed by atoms with van der Waals surface area (Å²) in [6, 6.07) is 9.62. The van der Waals surface area contributed by atoms with Gasteiger partial charge in [0.05, 0.1) is 17.0 Å². The third kappa shape index (κ3) is 6.02. The zero-order chi connectivity index (χ0) is 17.6. The van der Waals surface area contributed by atoms with E-state index in [-0.39, 0.29) is 29.7 Å². The zero-order valence-corrected chi connectivity index (χ0v) is 18.2. The van der Waals surface area contributed by atoms with E-state index >= 15 is 0 Å². The summed E-state index contributed by atoms with van der Waals surface area (Å²) in [6.45, 7) is 8.20. The van der Waals surface area contributed by atoms with Crippen molar-refractivity contribution in [3.63, 3.8) is 0 Å². The lowest BCUT2D eigenvalue weighted by Crippen LogP contribution is -2.57. The van der Waals surface area contributed by atoms with Gasteiger partial charge in [-0.15, -0.1) is 24.0 Å². The van der Waals surface area contributed by atoms with E-state index < -0.39 is 14.6 Å². The number of halogens is 1. The first-order chi connectivity index (χ1) is 11.4. The fourth-order valence-corrected chi connectivity index (χ4v) is 3.95. The molecule has 1 aromatic carbocycles. The van der Waals surface area contributed by atoms with Crippen LogP contribution >= 0.6 is 24.0 Å². The van der Waals surface area contributed by atoms with E-state index in [4.69, 9.17) is 4.74 Å². The second kappa shape index (κ2) is 9.61. The highest BCUT2D eigenvalue weighted by Gasteiger charge is 2.40. The largest absolute Gasteiger partial charge is 0.492 e. The molecule has 0 aromatic heterocycles. The average molecular weight is 481 g/mol. The van der Waals surface area contributed by atoms with Crippen LogP contribution in [0.2, 0.25) is 0 Å². The fourth-order valence-electron chi connectivity index (χ4n) is 2.58. The third-order valence-electron chi connectivity index (χ3n) is 4.04. The van der Waals surface area contributed by atoms with Crippen molar-refractivity contribution in [1.82, 2.24) is 10.2 Å². The highest BCUT2D eigenvalue weighted by atomic mass is 127. The summed E-state index contributed by atoms with van der Waals surface area (Å²) in [4.78, 5) is 6.60. The number of rotatable bonds is 5. The van der Waals surface area contributed by atoms with Crippen molar-refractivity contribution in [3.8, 4) is 5.75 Å². The van der Waals surface area contributed by atoms with E-state index in [1.807, 2.05) is 42.2 Å². The van der Waals surface area contributed by atoms with Gasteiger partial charge in [-0.25, -0.2) is 13.4 Å². The molecular formula is C17H28IN3O3S. The van der Waals surface area contributed by atoms with E-state index in [1.165, 1.54) is 0 Å². The van der Waals surface area contributed by atoms with Crippen LogP contribution in [0.25, 0.3) is 0 Å². The lowest BCUT2D eigenvalue weighted by molar-refractivity contribution is 0.323. The number of nitrogens with zero attached hydrogens (tertiary/aromatic N) is 2. The SMILES string of the molecule is CCNC(=NCCOc1ccccc1)N1CCS(=O)(=O)C(C)(C)C1.I. The fraction of sp³-hybridized carbons (Fsp3) is 0.588. The predicted molar refractivity (Wildman–Crippen MR) is 113 cm³/mol. The molecule has 0 amide bonds. The van der Waals surface area contributed by atoms with Gasteiger partial charge in [-0.2, -0.15) is 0 Å². The van der Waals surface area contributed by atoms with Crippen LogP contribution in [0.3, 0.4) is 0 Å². The second-order valence-electron chi connectivity index (χ2n) is 6.40. The average Bonchev–Trinajstić information content (AvgIpc) is 2.54. The Kier molecular flexibility index (Phi) is 8.46. The Hall–Kier alpha value is -1.03. The van der Waals surface area contributed by atoms with Gasteiger partial charge in [0.25, 0.3) is 0 Å². The lowest BCUT2D eigenvalue weighted by atomic mass is 10.2. The molecule has 2 rings (SSSR count). The molecule has 0 atom stereocenters. The van der Waals surface area contributed by atoms with Crippen molar-refractivity contribution >= 4 is 39.8 Å². The summed E-state index contributed by atoms with van der Waals surface area (Å²) in [5.74, 6) is 1.73. The van der Waals surface area contributed by atoms with Crippen LogP contribution < -0.4 is 10.1 Å². The number of para-hydroxylation sites is 1. The van der Waals surface area contributed by atoms with Crippen molar-refractivity contribution in [3.05, 3.63) is 30.3 Å². The molecule has 142 valence electrons. The Morgan fingerprint density at radius 3 is 2.60 bits per heavy atom. The summed E-state index contributed by atoms with van der Waals surface area (Å²) in [6.07, 6.45) is 0. The summed E-state index contributed by atoms with van der Waals surface area (Å²) in [7, 11) is -3.05. The first-order valence-corrected chi connectivity index (χ1v) is 9.94. The topological polar surface area (TPSA) is 71.0 Å². The van der Waals surface area contributed by atoms with Gasteiger partial charge >= 0.3 is 0 Å². The van der Waals surface area contributed by atoms with E-state index in [0.29, 0.717) is 26.2 Å². The Morgan fingerprint density at radius 2 is 2.00 bits per heavy atom. The van der Waals surface area contributed by atoms with Gasteiger partial charge in [0.15, 0.2) is 15.8 Å². The number of hydrogen-bond acceptors (Lipinski definition) is 4. The number of guanidine groups is 1. The van der Waals surface area contributed by atoms with Gasteiger partial charge in [-0.3, -0.25) is 0 Å². The first kappa shape index (κ1) is 22.0. The summed E-state index contributed by atoms with van der Waals surface area (Å²) in [5.41, 5.74) is 0. The van der Waals surface area contributed by atoms with Crippen molar-refractivity contribution in [2.24, 2.45) is 4.99 Å². The van der Waals surface area contributed by atoms with Crippen LogP contribution in [-0.2, 0) is 9.84 Å². The third-order valence-corrected chi connectivity index (χ3v) is 6.58. The molecular weight excluding hydrogens is 453 g/mol. The van der Waals surface area contributed by atoms with E-state index in [1.54, 1.807) is 13.8 Å². The van der Waals surface area contributed by atoms with Crippen molar-refractivity contribution < 1.29 is 13.2 Å². The molecule has 1 heterocycles. The molecule has 0 radical (unpaired) electrons. The normalized spacial score (nSPS) is 19.0. The van der Waals surface area contributed by atoms with E-state index in [2.05, 4.69) is 10.3 Å². The molecule has 0 spiro atoms. The minimum atomic E-state index is -3.05. The monoisotopic (exact) mass is 481 g/mol. The molecule has 1 aliphatic rings. The van der Waals surface area contributed by atoms with Gasteiger partial charge in [0.1, 0.15) is 12.4 Å². The number of nitrogens with one attached hydrogen (secondary N) is 1.